The van der Waals surface area contributed by atoms with Crippen molar-refractivity contribution in [2.45, 2.75) is 11.9 Å². The van der Waals surface area contributed by atoms with Crippen molar-refractivity contribution in [3.8, 4) is 0 Å². The molecule has 0 amide bonds. The van der Waals surface area contributed by atoms with Crippen LogP contribution >= 0.6 is 0 Å². The van der Waals surface area contributed by atoms with E-state index in [4.69, 9.17) is 10.3 Å². The van der Waals surface area contributed by atoms with Gasteiger partial charge in [0.15, 0.2) is 11.1 Å². The number of halogens is 3. The third kappa shape index (κ3) is 3.21. The summed E-state index contributed by atoms with van der Waals surface area (Å²) in [7, 11) is 0. The monoisotopic (exact) mass is 239 g/mol. The third-order valence-corrected chi connectivity index (χ3v) is 2.29. The molecule has 1 atom stereocenters. The second-order valence-electron chi connectivity index (χ2n) is 2.89. The lowest BCUT2D eigenvalue weighted by molar-refractivity contribution is -0.136. The molecule has 0 bridgehead atoms. The largest absolute Gasteiger partial charge is 0.418 e. The highest BCUT2D eigenvalue weighted by Crippen LogP contribution is 2.34. The minimum atomic E-state index is -4.54. The van der Waals surface area contributed by atoms with Crippen LogP contribution in [0.1, 0.15) is 11.1 Å². The van der Waals surface area contributed by atoms with Gasteiger partial charge in [-0.25, -0.2) is 4.21 Å². The lowest BCUT2D eigenvalue weighted by atomic mass is 10.1. The lowest BCUT2D eigenvalue weighted by Crippen LogP contribution is -2.09. The fraction of sp³-hybridized carbons (Fsp3) is 0.250. The molecule has 1 aromatic carbocycles. The molecule has 0 saturated carbocycles. The van der Waals surface area contributed by atoms with E-state index in [-0.39, 0.29) is 11.3 Å². The molecule has 1 aromatic rings. The van der Waals surface area contributed by atoms with E-state index < -0.39 is 28.5 Å². The fourth-order valence-electron chi connectivity index (χ4n) is 1.08. The number of anilines is 1. The summed E-state index contributed by atoms with van der Waals surface area (Å²) >= 11 is -2.17. The van der Waals surface area contributed by atoms with Crippen molar-refractivity contribution in [2.75, 3.05) is 5.73 Å². The zero-order valence-electron chi connectivity index (χ0n) is 7.41. The molecule has 7 heteroatoms. The van der Waals surface area contributed by atoms with Crippen LogP contribution in [0.25, 0.3) is 0 Å². The van der Waals surface area contributed by atoms with Gasteiger partial charge in [-0.3, -0.25) is 0 Å². The number of alkyl halides is 3. The van der Waals surface area contributed by atoms with E-state index in [0.29, 0.717) is 0 Å². The van der Waals surface area contributed by atoms with Crippen molar-refractivity contribution in [1.29, 1.82) is 0 Å². The van der Waals surface area contributed by atoms with Gasteiger partial charge in [-0.1, -0.05) is 6.07 Å². The molecule has 1 rings (SSSR count). The van der Waals surface area contributed by atoms with E-state index in [1.54, 1.807) is 0 Å². The summed E-state index contributed by atoms with van der Waals surface area (Å²) in [6.07, 6.45) is -4.54. The standard InChI is InChI=1S/C8H8F3NO2S/c9-8(10,11)6-3-5(4-15(13)14)1-2-7(6)12/h1-3H,4,12H2,(H,13,14). The molecular formula is C8H8F3NO2S. The number of hydrogen-bond acceptors (Lipinski definition) is 2. The molecule has 0 saturated heterocycles. The van der Waals surface area contributed by atoms with Crippen molar-refractivity contribution in [3.63, 3.8) is 0 Å². The molecule has 3 N–H and O–H groups in total. The van der Waals surface area contributed by atoms with Crippen LogP contribution in [0.2, 0.25) is 0 Å². The molecule has 0 aliphatic carbocycles. The Morgan fingerprint density at radius 1 is 1.40 bits per heavy atom. The topological polar surface area (TPSA) is 63.3 Å². The number of nitrogens with two attached hydrogens (primary N) is 1. The first-order valence-electron chi connectivity index (χ1n) is 3.84. The molecule has 0 aliphatic heterocycles. The minimum absolute atomic E-state index is 0.123. The summed E-state index contributed by atoms with van der Waals surface area (Å²) < 4.78 is 56.0. The maximum Gasteiger partial charge on any atom is 0.418 e. The predicted octanol–water partition coefficient (Wildman–Crippen LogP) is 2.01. The summed E-state index contributed by atoms with van der Waals surface area (Å²) in [5.74, 6) is -0.344. The quantitative estimate of drug-likeness (QED) is 0.613. The summed E-state index contributed by atoms with van der Waals surface area (Å²) in [5, 5.41) is 0. The van der Waals surface area contributed by atoms with E-state index in [2.05, 4.69) is 0 Å². The van der Waals surface area contributed by atoms with Crippen LogP contribution in [0.15, 0.2) is 18.2 Å². The highest BCUT2D eigenvalue weighted by atomic mass is 32.2. The zero-order chi connectivity index (χ0) is 11.6. The van der Waals surface area contributed by atoms with E-state index >= 15 is 0 Å². The van der Waals surface area contributed by atoms with E-state index in [9.17, 15) is 17.4 Å². The average molecular weight is 239 g/mol. The molecule has 0 spiro atoms. The lowest BCUT2D eigenvalue weighted by Gasteiger charge is -2.10. The summed E-state index contributed by atoms with van der Waals surface area (Å²) in [5.41, 5.74) is 3.90. The van der Waals surface area contributed by atoms with Crippen LogP contribution in [0, 0.1) is 0 Å². The van der Waals surface area contributed by atoms with Gasteiger partial charge in [0.2, 0.25) is 0 Å². The maximum atomic E-state index is 12.3. The van der Waals surface area contributed by atoms with Gasteiger partial charge in [-0.15, -0.1) is 0 Å². The van der Waals surface area contributed by atoms with Crippen LogP contribution < -0.4 is 5.73 Å². The smallest absolute Gasteiger partial charge is 0.398 e. The molecule has 0 aromatic heterocycles. The van der Waals surface area contributed by atoms with Crippen LogP contribution in [0.5, 0.6) is 0 Å². The first-order chi connectivity index (χ1) is 6.80. The van der Waals surface area contributed by atoms with Gasteiger partial charge in [0.1, 0.15) is 0 Å². The molecule has 0 heterocycles. The predicted molar refractivity (Wildman–Crippen MR) is 50.3 cm³/mol. The third-order valence-electron chi connectivity index (χ3n) is 1.71. The Balaban J connectivity index is 3.11. The number of nitrogen functional groups attached to an aromatic ring is 1. The van der Waals surface area contributed by atoms with Gasteiger partial charge >= 0.3 is 6.18 Å². The average Bonchev–Trinajstić information content (AvgIpc) is 2.05. The van der Waals surface area contributed by atoms with Crippen LogP contribution in [-0.2, 0) is 23.0 Å². The second-order valence-corrected chi connectivity index (χ2v) is 3.82. The Bertz CT molecular complexity index is 392. The van der Waals surface area contributed by atoms with Gasteiger partial charge in [0.25, 0.3) is 0 Å². The van der Waals surface area contributed by atoms with Crippen LogP contribution in [-0.4, -0.2) is 8.76 Å². The number of benzene rings is 1. The molecule has 0 aliphatic rings. The first kappa shape index (κ1) is 12.0. The number of hydrogen-bond donors (Lipinski definition) is 2. The molecule has 84 valence electrons. The van der Waals surface area contributed by atoms with Crippen molar-refractivity contribution < 1.29 is 21.9 Å². The molecule has 3 nitrogen and oxygen atoms in total. The SMILES string of the molecule is Nc1ccc(CS(=O)O)cc1C(F)(F)F. The summed E-state index contributed by atoms with van der Waals surface area (Å²) in [6, 6.07) is 3.15. The van der Waals surface area contributed by atoms with Gasteiger partial charge in [-0.05, 0) is 17.7 Å². The summed E-state index contributed by atoms with van der Waals surface area (Å²) in [4.78, 5) is 0. The Morgan fingerprint density at radius 3 is 2.47 bits per heavy atom. The molecular weight excluding hydrogens is 231 g/mol. The van der Waals surface area contributed by atoms with Gasteiger partial charge in [0, 0.05) is 5.69 Å². The Labute approximate surface area is 86.4 Å². The van der Waals surface area contributed by atoms with Gasteiger partial charge in [0.05, 0.1) is 11.3 Å². The fourth-order valence-corrected chi connectivity index (χ4v) is 1.55. The van der Waals surface area contributed by atoms with E-state index in [1.165, 1.54) is 6.07 Å². The van der Waals surface area contributed by atoms with Crippen molar-refractivity contribution in [2.24, 2.45) is 0 Å². The second kappa shape index (κ2) is 4.19. The Hall–Kier alpha value is -1.08. The van der Waals surface area contributed by atoms with Crippen LogP contribution in [0.4, 0.5) is 18.9 Å². The Morgan fingerprint density at radius 2 is 2.00 bits per heavy atom. The van der Waals surface area contributed by atoms with Crippen molar-refractivity contribution in [3.05, 3.63) is 29.3 Å². The molecule has 0 fully saturated rings. The molecule has 0 radical (unpaired) electrons. The minimum Gasteiger partial charge on any atom is -0.398 e. The molecule has 15 heavy (non-hydrogen) atoms. The van der Waals surface area contributed by atoms with Gasteiger partial charge in [-0.2, -0.15) is 13.2 Å². The molecule has 1 unspecified atom stereocenters. The van der Waals surface area contributed by atoms with E-state index in [1.807, 2.05) is 0 Å². The van der Waals surface area contributed by atoms with Crippen LogP contribution in [0.3, 0.4) is 0 Å². The normalized spacial score (nSPS) is 13.9. The zero-order valence-corrected chi connectivity index (χ0v) is 8.23. The number of rotatable bonds is 2. The van der Waals surface area contributed by atoms with Crippen molar-refractivity contribution >= 4 is 16.8 Å². The highest BCUT2D eigenvalue weighted by molar-refractivity contribution is 7.78. The summed E-state index contributed by atoms with van der Waals surface area (Å²) in [6.45, 7) is 0. The Kier molecular flexibility index (Phi) is 3.35. The van der Waals surface area contributed by atoms with Crippen molar-refractivity contribution in [1.82, 2.24) is 0 Å². The first-order valence-corrected chi connectivity index (χ1v) is 5.11. The maximum absolute atomic E-state index is 12.3. The van der Waals surface area contributed by atoms with E-state index in [0.717, 1.165) is 12.1 Å². The van der Waals surface area contributed by atoms with Gasteiger partial charge < -0.3 is 10.3 Å². The highest BCUT2D eigenvalue weighted by Gasteiger charge is 2.33.